The summed E-state index contributed by atoms with van der Waals surface area (Å²) in [5, 5.41) is 41.4. The first-order chi connectivity index (χ1) is 10.8. The van der Waals surface area contributed by atoms with E-state index in [1.54, 1.807) is 0 Å². The molecule has 8 nitrogen and oxygen atoms in total. The molecule has 8 heteroatoms. The number of amides is 1. The average molecular weight is 335 g/mol. The number of ether oxygens (including phenoxy) is 2. The monoisotopic (exact) mass is 335 g/mol. The molecule has 1 saturated heterocycles. The summed E-state index contributed by atoms with van der Waals surface area (Å²) in [4.78, 5) is 11.5. The summed E-state index contributed by atoms with van der Waals surface area (Å²) in [5.74, 6) is -2.03. The predicted molar refractivity (Wildman–Crippen MR) is 81.6 cm³/mol. The van der Waals surface area contributed by atoms with Crippen LogP contribution in [0.1, 0.15) is 46.0 Å². The van der Waals surface area contributed by atoms with E-state index in [9.17, 15) is 25.2 Å². The fraction of sp³-hybridized carbons (Fsp3) is 0.933. The van der Waals surface area contributed by atoms with E-state index in [1.807, 2.05) is 0 Å². The zero-order valence-electron chi connectivity index (χ0n) is 13.8. The third kappa shape index (κ3) is 6.23. The molecule has 0 aliphatic carbocycles. The van der Waals surface area contributed by atoms with Crippen molar-refractivity contribution in [3.63, 3.8) is 0 Å². The van der Waals surface area contributed by atoms with Gasteiger partial charge in [-0.05, 0) is 13.3 Å². The molecule has 1 aliphatic rings. The van der Waals surface area contributed by atoms with Gasteiger partial charge in [0.15, 0.2) is 5.79 Å². The summed E-state index contributed by atoms with van der Waals surface area (Å²) in [6.45, 7) is 3.44. The normalized spacial score (nSPS) is 34.2. The van der Waals surface area contributed by atoms with Crippen molar-refractivity contribution in [2.75, 3.05) is 13.2 Å². The van der Waals surface area contributed by atoms with E-state index in [0.717, 1.165) is 32.6 Å². The number of carbonyl (C=O) groups is 1. The lowest BCUT2D eigenvalue weighted by molar-refractivity contribution is -0.340. The maximum atomic E-state index is 11.5. The standard InChI is InChI=1S/C15H29NO7/c1-3-4-5-6-7-8-16-14(20)22-9-10-11(17)12(18)13(19)15(2,21)23-10/h10-13,17-19,21H,3-9H2,1-2H3,(H,16,20)/t10-,11-,12+,13-,15-/m1/s1. The fourth-order valence-corrected chi connectivity index (χ4v) is 2.43. The Morgan fingerprint density at radius 1 is 1.17 bits per heavy atom. The Hall–Kier alpha value is -0.930. The number of unbranched alkanes of at least 4 members (excludes halogenated alkanes) is 4. The van der Waals surface area contributed by atoms with E-state index in [2.05, 4.69) is 12.2 Å². The van der Waals surface area contributed by atoms with Crippen LogP contribution in [0.2, 0.25) is 0 Å². The Balaban J connectivity index is 2.27. The topological polar surface area (TPSA) is 128 Å². The van der Waals surface area contributed by atoms with Gasteiger partial charge in [-0.15, -0.1) is 0 Å². The van der Waals surface area contributed by atoms with Crippen LogP contribution in [0.4, 0.5) is 4.79 Å². The van der Waals surface area contributed by atoms with Gasteiger partial charge < -0.3 is 35.2 Å². The summed E-state index contributed by atoms with van der Waals surface area (Å²) in [6.07, 6.45) is -1.13. The number of aliphatic hydroxyl groups excluding tert-OH is 3. The maximum absolute atomic E-state index is 11.5. The summed E-state index contributed by atoms with van der Waals surface area (Å²) < 4.78 is 10.00. The highest BCUT2D eigenvalue weighted by Crippen LogP contribution is 2.27. The predicted octanol–water partition coefficient (Wildman–Crippen LogP) is -0.127. The molecule has 1 fully saturated rings. The number of hydrogen-bond donors (Lipinski definition) is 5. The highest BCUT2D eigenvalue weighted by Gasteiger charge is 2.50. The second kappa shape index (κ2) is 9.39. The third-order valence-electron chi connectivity index (χ3n) is 3.92. The molecule has 136 valence electrons. The average Bonchev–Trinajstić information content (AvgIpc) is 2.51. The Morgan fingerprint density at radius 2 is 1.83 bits per heavy atom. The van der Waals surface area contributed by atoms with E-state index < -0.39 is 36.3 Å². The van der Waals surface area contributed by atoms with Gasteiger partial charge in [0.1, 0.15) is 31.0 Å². The van der Waals surface area contributed by atoms with E-state index in [0.29, 0.717) is 6.54 Å². The Morgan fingerprint density at radius 3 is 2.48 bits per heavy atom. The number of alkyl carbamates (subject to hydrolysis) is 1. The molecular weight excluding hydrogens is 306 g/mol. The Labute approximate surface area is 136 Å². The quantitative estimate of drug-likeness (QED) is 0.391. The summed E-state index contributed by atoms with van der Waals surface area (Å²) in [6, 6.07) is 0. The number of hydrogen-bond acceptors (Lipinski definition) is 7. The lowest BCUT2D eigenvalue weighted by Gasteiger charge is -2.43. The van der Waals surface area contributed by atoms with Crippen LogP contribution in [0.3, 0.4) is 0 Å². The van der Waals surface area contributed by atoms with Gasteiger partial charge in [-0.3, -0.25) is 0 Å². The van der Waals surface area contributed by atoms with Crippen molar-refractivity contribution in [2.45, 2.75) is 76.2 Å². The molecule has 0 spiro atoms. The van der Waals surface area contributed by atoms with Crippen molar-refractivity contribution in [3.8, 4) is 0 Å². The van der Waals surface area contributed by atoms with Gasteiger partial charge >= 0.3 is 6.09 Å². The van der Waals surface area contributed by atoms with Crippen molar-refractivity contribution < 1.29 is 34.7 Å². The second-order valence-corrected chi connectivity index (χ2v) is 6.08. The minimum Gasteiger partial charge on any atom is -0.447 e. The molecule has 1 rings (SSSR count). The smallest absolute Gasteiger partial charge is 0.407 e. The van der Waals surface area contributed by atoms with E-state index in [4.69, 9.17) is 9.47 Å². The second-order valence-electron chi connectivity index (χ2n) is 6.08. The van der Waals surface area contributed by atoms with Gasteiger partial charge in [-0.1, -0.05) is 32.6 Å². The van der Waals surface area contributed by atoms with Gasteiger partial charge in [0, 0.05) is 6.54 Å². The van der Waals surface area contributed by atoms with Gasteiger partial charge in [0.25, 0.3) is 0 Å². The van der Waals surface area contributed by atoms with Gasteiger partial charge in [-0.2, -0.15) is 0 Å². The lowest BCUT2D eigenvalue weighted by atomic mass is 9.94. The number of carbonyl (C=O) groups excluding carboxylic acids is 1. The largest absolute Gasteiger partial charge is 0.447 e. The first kappa shape index (κ1) is 20.1. The molecule has 0 radical (unpaired) electrons. The van der Waals surface area contributed by atoms with Gasteiger partial charge in [0.2, 0.25) is 0 Å². The Kier molecular flexibility index (Phi) is 8.21. The minimum atomic E-state index is -2.03. The highest BCUT2D eigenvalue weighted by atomic mass is 16.7. The van der Waals surface area contributed by atoms with E-state index in [-0.39, 0.29) is 6.61 Å². The fourth-order valence-electron chi connectivity index (χ4n) is 2.43. The van der Waals surface area contributed by atoms with Crippen LogP contribution in [0.25, 0.3) is 0 Å². The first-order valence-electron chi connectivity index (χ1n) is 8.14. The summed E-state index contributed by atoms with van der Waals surface area (Å²) >= 11 is 0. The molecule has 0 saturated carbocycles. The molecule has 0 unspecified atom stereocenters. The van der Waals surface area contributed by atoms with Crippen molar-refractivity contribution in [2.24, 2.45) is 0 Å². The van der Waals surface area contributed by atoms with Crippen molar-refractivity contribution in [1.29, 1.82) is 0 Å². The van der Waals surface area contributed by atoms with Crippen molar-refractivity contribution in [1.82, 2.24) is 5.32 Å². The molecule has 0 aromatic heterocycles. The molecular formula is C15H29NO7. The van der Waals surface area contributed by atoms with E-state index in [1.165, 1.54) is 6.42 Å². The first-order valence-corrected chi connectivity index (χ1v) is 8.14. The number of nitrogens with one attached hydrogen (secondary N) is 1. The van der Waals surface area contributed by atoms with Crippen LogP contribution < -0.4 is 5.32 Å². The van der Waals surface area contributed by atoms with Crippen LogP contribution in [-0.4, -0.2) is 69.9 Å². The lowest BCUT2D eigenvalue weighted by Crippen LogP contribution is -2.64. The highest BCUT2D eigenvalue weighted by molar-refractivity contribution is 5.67. The SMILES string of the molecule is CCCCCCCNC(=O)OC[C@H]1O[C@@](C)(O)[C@H](O)[C@@H](O)[C@@H]1O. The van der Waals surface area contributed by atoms with Crippen molar-refractivity contribution >= 4 is 6.09 Å². The molecule has 1 aliphatic heterocycles. The summed E-state index contributed by atoms with van der Waals surface area (Å²) in [7, 11) is 0. The molecule has 0 bridgehead atoms. The van der Waals surface area contributed by atoms with Crippen LogP contribution in [-0.2, 0) is 9.47 Å². The molecule has 1 heterocycles. The number of rotatable bonds is 8. The molecule has 5 N–H and O–H groups in total. The van der Waals surface area contributed by atoms with Crippen molar-refractivity contribution in [3.05, 3.63) is 0 Å². The van der Waals surface area contributed by atoms with Gasteiger partial charge in [0.05, 0.1) is 0 Å². The molecule has 5 atom stereocenters. The van der Waals surface area contributed by atoms with Crippen LogP contribution >= 0.6 is 0 Å². The van der Waals surface area contributed by atoms with Crippen LogP contribution in [0, 0.1) is 0 Å². The molecule has 0 aromatic rings. The molecule has 23 heavy (non-hydrogen) atoms. The zero-order chi connectivity index (χ0) is 17.5. The van der Waals surface area contributed by atoms with Crippen LogP contribution in [0.15, 0.2) is 0 Å². The summed E-state index contributed by atoms with van der Waals surface area (Å²) in [5.41, 5.74) is 0. The maximum Gasteiger partial charge on any atom is 0.407 e. The number of aliphatic hydroxyl groups is 4. The van der Waals surface area contributed by atoms with Crippen LogP contribution in [0.5, 0.6) is 0 Å². The minimum absolute atomic E-state index is 0.344. The molecule has 1 amide bonds. The zero-order valence-corrected chi connectivity index (χ0v) is 13.8. The van der Waals surface area contributed by atoms with Gasteiger partial charge in [-0.25, -0.2) is 4.79 Å². The Bertz CT molecular complexity index is 364. The third-order valence-corrected chi connectivity index (χ3v) is 3.92. The molecule has 0 aromatic carbocycles. The van der Waals surface area contributed by atoms with E-state index >= 15 is 0 Å².